The number of Topliss-reactive ketones (excluding diaryl/α,β-unsaturated/α-hetero) is 1. The van der Waals surface area contributed by atoms with Gasteiger partial charge in [0.15, 0.2) is 11.9 Å². The van der Waals surface area contributed by atoms with Crippen molar-refractivity contribution in [1.82, 2.24) is 4.72 Å². The molecule has 0 unspecified atom stereocenters. The molecule has 0 amide bonds. The monoisotopic (exact) mass is 363 g/mol. The molecule has 0 saturated heterocycles. The maximum Gasteiger partial charge on any atom is 0.338 e. The fourth-order valence-corrected chi connectivity index (χ4v) is 3.53. The van der Waals surface area contributed by atoms with E-state index in [4.69, 9.17) is 9.15 Å². The second kappa shape index (κ2) is 7.20. The molecule has 1 saturated carbocycles. The lowest BCUT2D eigenvalue weighted by Crippen LogP contribution is -2.23. The van der Waals surface area contributed by atoms with E-state index in [1.807, 2.05) is 0 Å². The summed E-state index contributed by atoms with van der Waals surface area (Å²) in [6, 6.07) is 8.69. The summed E-state index contributed by atoms with van der Waals surface area (Å²) < 4.78 is 37.1. The first kappa shape index (κ1) is 17.4. The smallest absolute Gasteiger partial charge is 0.338 e. The second-order valence-corrected chi connectivity index (χ2v) is 7.45. The van der Waals surface area contributed by atoms with Crippen molar-refractivity contribution >= 4 is 21.8 Å². The van der Waals surface area contributed by atoms with Gasteiger partial charge >= 0.3 is 5.97 Å². The number of esters is 1. The van der Waals surface area contributed by atoms with E-state index in [2.05, 4.69) is 4.72 Å². The number of furan rings is 1. The van der Waals surface area contributed by atoms with Gasteiger partial charge in [0.25, 0.3) is 0 Å². The molecule has 0 spiro atoms. The van der Waals surface area contributed by atoms with Crippen LogP contribution in [0.1, 0.15) is 35.4 Å². The molecule has 0 radical (unpaired) electrons. The predicted octanol–water partition coefficient (Wildman–Crippen LogP) is 2.04. The molecule has 2 aromatic rings. The highest BCUT2D eigenvalue weighted by molar-refractivity contribution is 7.89. The van der Waals surface area contributed by atoms with Gasteiger partial charge in [0.05, 0.1) is 23.3 Å². The van der Waals surface area contributed by atoms with Crippen molar-refractivity contribution in [3.8, 4) is 0 Å². The van der Waals surface area contributed by atoms with Gasteiger partial charge in [0.1, 0.15) is 5.76 Å². The van der Waals surface area contributed by atoms with E-state index in [9.17, 15) is 18.0 Å². The van der Waals surface area contributed by atoms with Gasteiger partial charge in [-0.05, 0) is 49.2 Å². The molecule has 132 valence electrons. The lowest BCUT2D eigenvalue weighted by atomic mass is 10.2. The zero-order valence-corrected chi connectivity index (χ0v) is 14.1. The van der Waals surface area contributed by atoms with Crippen LogP contribution in [0.4, 0.5) is 0 Å². The van der Waals surface area contributed by atoms with Crippen molar-refractivity contribution in [2.75, 3.05) is 0 Å². The third-order valence-corrected chi connectivity index (χ3v) is 5.33. The molecule has 0 bridgehead atoms. The normalized spacial score (nSPS) is 17.6. The maximum absolute atomic E-state index is 12.2. The Bertz CT molecular complexity index is 855. The van der Waals surface area contributed by atoms with Crippen LogP contribution in [0.15, 0.2) is 52.0 Å². The number of benzene rings is 1. The number of hydrogen-bond donors (Lipinski definition) is 1. The summed E-state index contributed by atoms with van der Waals surface area (Å²) in [5.41, 5.74) is 0.199. The van der Waals surface area contributed by atoms with Gasteiger partial charge < -0.3 is 9.15 Å². The van der Waals surface area contributed by atoms with Crippen molar-refractivity contribution in [3.05, 3.63) is 54.0 Å². The molecule has 7 nitrogen and oxygen atoms in total. The van der Waals surface area contributed by atoms with Crippen LogP contribution in [-0.4, -0.2) is 26.3 Å². The summed E-state index contributed by atoms with van der Waals surface area (Å²) in [7, 11) is -3.73. The average Bonchev–Trinajstić information content (AvgIpc) is 3.25. The van der Waals surface area contributed by atoms with Crippen molar-refractivity contribution < 1.29 is 27.2 Å². The van der Waals surface area contributed by atoms with Crippen LogP contribution in [0, 0.1) is 0 Å². The molecule has 1 atom stereocenters. The number of hydrogen-bond acceptors (Lipinski definition) is 6. The van der Waals surface area contributed by atoms with E-state index in [0.717, 1.165) is 6.42 Å². The third kappa shape index (κ3) is 4.15. The van der Waals surface area contributed by atoms with Crippen LogP contribution in [0.3, 0.4) is 0 Å². The highest BCUT2D eigenvalue weighted by Crippen LogP contribution is 2.20. The number of sulfonamides is 1. The fraction of sp³-hybridized carbons (Fsp3) is 0.294. The zero-order valence-electron chi connectivity index (χ0n) is 13.3. The lowest BCUT2D eigenvalue weighted by Gasteiger charge is -2.11. The molecule has 1 aromatic heterocycles. The molecule has 8 heteroatoms. The van der Waals surface area contributed by atoms with Crippen LogP contribution >= 0.6 is 0 Å². The summed E-state index contributed by atoms with van der Waals surface area (Å²) in [5, 5.41) is 0. The molecule has 0 aliphatic heterocycles. The van der Waals surface area contributed by atoms with Crippen LogP contribution in [-0.2, 0) is 26.1 Å². The van der Waals surface area contributed by atoms with E-state index in [0.29, 0.717) is 18.6 Å². The van der Waals surface area contributed by atoms with E-state index in [1.165, 1.54) is 30.5 Å². The van der Waals surface area contributed by atoms with E-state index in [-0.39, 0.29) is 22.8 Å². The molecule has 1 aromatic carbocycles. The molecule has 1 fully saturated rings. The molecular formula is C17H17NO6S. The zero-order chi connectivity index (χ0) is 17.9. The maximum atomic E-state index is 12.2. The molecule has 1 aliphatic carbocycles. The van der Waals surface area contributed by atoms with Crippen molar-refractivity contribution in [2.45, 2.75) is 36.8 Å². The number of carbonyl (C=O) groups excluding carboxylic acids is 2. The molecule has 3 rings (SSSR count). The number of nitrogens with one attached hydrogen (secondary N) is 1. The number of ether oxygens (including phenoxy) is 1. The van der Waals surface area contributed by atoms with Crippen LogP contribution in [0.5, 0.6) is 0 Å². The van der Waals surface area contributed by atoms with E-state index >= 15 is 0 Å². The topological polar surface area (TPSA) is 103 Å². The Morgan fingerprint density at radius 1 is 1.24 bits per heavy atom. The van der Waals surface area contributed by atoms with E-state index in [1.54, 1.807) is 12.1 Å². The number of ketones is 1. The van der Waals surface area contributed by atoms with Gasteiger partial charge in [0, 0.05) is 6.42 Å². The van der Waals surface area contributed by atoms with Crippen molar-refractivity contribution in [3.63, 3.8) is 0 Å². The minimum atomic E-state index is -3.73. The Kier molecular flexibility index (Phi) is 5.00. The van der Waals surface area contributed by atoms with Crippen LogP contribution in [0.25, 0.3) is 0 Å². The third-order valence-electron chi connectivity index (χ3n) is 3.91. The highest BCUT2D eigenvalue weighted by atomic mass is 32.2. The summed E-state index contributed by atoms with van der Waals surface area (Å²) in [6.07, 6.45) is 2.45. The van der Waals surface area contributed by atoms with Gasteiger partial charge in [-0.2, -0.15) is 0 Å². The molecule has 1 aliphatic rings. The Morgan fingerprint density at radius 3 is 2.60 bits per heavy atom. The lowest BCUT2D eigenvalue weighted by molar-refractivity contribution is -0.124. The minimum absolute atomic E-state index is 0.0209. The summed E-state index contributed by atoms with van der Waals surface area (Å²) in [5.74, 6) is -0.215. The Morgan fingerprint density at radius 2 is 2.00 bits per heavy atom. The summed E-state index contributed by atoms with van der Waals surface area (Å²) in [4.78, 5) is 23.6. The van der Waals surface area contributed by atoms with Crippen LogP contribution in [0.2, 0.25) is 0 Å². The molecular weight excluding hydrogens is 346 g/mol. The largest absolute Gasteiger partial charge is 0.468 e. The molecule has 25 heavy (non-hydrogen) atoms. The molecule has 1 N–H and O–H groups in total. The predicted molar refractivity (Wildman–Crippen MR) is 87.2 cm³/mol. The number of rotatable bonds is 6. The van der Waals surface area contributed by atoms with Gasteiger partial charge in [0.2, 0.25) is 10.0 Å². The van der Waals surface area contributed by atoms with Crippen molar-refractivity contribution in [2.24, 2.45) is 0 Å². The van der Waals surface area contributed by atoms with Crippen molar-refractivity contribution in [1.29, 1.82) is 0 Å². The summed E-state index contributed by atoms with van der Waals surface area (Å²) in [6.45, 7) is 0.0307. The Hall–Kier alpha value is -2.45. The van der Waals surface area contributed by atoms with Gasteiger partial charge in [-0.15, -0.1) is 0 Å². The number of carbonyl (C=O) groups is 2. The Labute approximate surface area is 145 Å². The first-order valence-corrected chi connectivity index (χ1v) is 9.30. The first-order valence-electron chi connectivity index (χ1n) is 7.81. The minimum Gasteiger partial charge on any atom is -0.468 e. The quantitative estimate of drug-likeness (QED) is 0.788. The standard InChI is InChI=1S/C17H17NO6S/c19-15-4-1-5-16(15)24-17(20)12-6-8-14(9-7-12)25(21,22)18-11-13-3-2-10-23-13/h2-3,6-10,16,18H,1,4-5,11H2/t16-/m0/s1. The second-order valence-electron chi connectivity index (χ2n) is 5.68. The van der Waals surface area contributed by atoms with Gasteiger partial charge in [-0.3, -0.25) is 4.79 Å². The highest BCUT2D eigenvalue weighted by Gasteiger charge is 2.28. The summed E-state index contributed by atoms with van der Waals surface area (Å²) >= 11 is 0. The van der Waals surface area contributed by atoms with Gasteiger partial charge in [-0.25, -0.2) is 17.9 Å². The SMILES string of the molecule is O=C(O[C@H]1CCCC1=O)c1ccc(S(=O)(=O)NCc2ccco2)cc1. The fourth-order valence-electron chi connectivity index (χ4n) is 2.54. The Balaban J connectivity index is 1.64. The first-order chi connectivity index (χ1) is 12.0. The average molecular weight is 363 g/mol. The molecule has 1 heterocycles. The van der Waals surface area contributed by atoms with Crippen LogP contribution < -0.4 is 4.72 Å². The van der Waals surface area contributed by atoms with E-state index < -0.39 is 22.1 Å². The van der Waals surface area contributed by atoms with Gasteiger partial charge in [-0.1, -0.05) is 0 Å².